The van der Waals surface area contributed by atoms with Gasteiger partial charge in [0.15, 0.2) is 6.61 Å². The molecule has 2 aromatic carbocycles. The lowest BCUT2D eigenvalue weighted by Crippen LogP contribution is -2.35. The quantitative estimate of drug-likeness (QED) is 0.746. The zero-order valence-corrected chi connectivity index (χ0v) is 13.7. The normalized spacial score (nSPS) is 9.80. The van der Waals surface area contributed by atoms with Crippen LogP contribution >= 0.6 is 0 Å². The maximum absolute atomic E-state index is 11.9. The van der Waals surface area contributed by atoms with E-state index in [1.165, 1.54) is 13.2 Å². The fourth-order valence-corrected chi connectivity index (χ4v) is 1.94. The fourth-order valence-electron chi connectivity index (χ4n) is 1.94. The summed E-state index contributed by atoms with van der Waals surface area (Å²) < 4.78 is 9.89. The van der Waals surface area contributed by atoms with Crippen LogP contribution < -0.4 is 15.4 Å². The van der Waals surface area contributed by atoms with Crippen LogP contribution in [0.3, 0.4) is 0 Å². The molecule has 0 aliphatic heterocycles. The van der Waals surface area contributed by atoms with Gasteiger partial charge in [-0.3, -0.25) is 9.59 Å². The van der Waals surface area contributed by atoms with Gasteiger partial charge in [0.1, 0.15) is 5.75 Å². The highest BCUT2D eigenvalue weighted by atomic mass is 16.5. The Bertz CT molecular complexity index is 746. The summed E-state index contributed by atoms with van der Waals surface area (Å²) in [5.41, 5.74) is 0.753. The highest BCUT2D eigenvalue weighted by Crippen LogP contribution is 2.11. The van der Waals surface area contributed by atoms with Gasteiger partial charge < -0.3 is 20.1 Å². The number of hydrogen-bond donors (Lipinski definition) is 2. The van der Waals surface area contributed by atoms with E-state index in [2.05, 4.69) is 15.4 Å². The molecule has 0 bridgehead atoms. The molecule has 7 nitrogen and oxygen atoms in total. The number of carbonyl (C=O) groups is 3. The van der Waals surface area contributed by atoms with Crippen molar-refractivity contribution in [1.82, 2.24) is 5.32 Å². The monoisotopic (exact) mass is 342 g/mol. The maximum atomic E-state index is 11.9. The van der Waals surface area contributed by atoms with Gasteiger partial charge in [0.25, 0.3) is 5.91 Å². The predicted octanol–water partition coefficient (Wildman–Crippen LogP) is 1.61. The second-order valence-electron chi connectivity index (χ2n) is 5.00. The number of carbonyl (C=O) groups excluding carboxylic acids is 3. The fraction of sp³-hybridized carbons (Fsp3) is 0.167. The summed E-state index contributed by atoms with van der Waals surface area (Å²) in [7, 11) is 1.28. The predicted molar refractivity (Wildman–Crippen MR) is 91.4 cm³/mol. The Hall–Kier alpha value is -3.35. The summed E-state index contributed by atoms with van der Waals surface area (Å²) in [5, 5.41) is 5.04. The van der Waals surface area contributed by atoms with Gasteiger partial charge in [0.05, 0.1) is 19.2 Å². The van der Waals surface area contributed by atoms with Crippen molar-refractivity contribution in [2.75, 3.05) is 25.6 Å². The highest BCUT2D eigenvalue weighted by Gasteiger charge is 2.09. The standard InChI is InChI=1S/C18H18N2O5/c1-24-18(23)13-6-5-7-14(10-13)20-16(21)11-19-17(22)12-25-15-8-3-2-4-9-15/h2-10H,11-12H2,1H3,(H,19,22)(H,20,21). The van der Waals surface area contributed by atoms with Crippen LogP contribution in [0.5, 0.6) is 5.75 Å². The number of rotatable bonds is 7. The molecule has 7 heteroatoms. The first kappa shape index (κ1) is 18.0. The Morgan fingerprint density at radius 2 is 1.72 bits per heavy atom. The van der Waals surface area contributed by atoms with E-state index in [1.54, 1.807) is 42.5 Å². The zero-order valence-electron chi connectivity index (χ0n) is 13.7. The molecule has 0 saturated heterocycles. The zero-order chi connectivity index (χ0) is 18.1. The minimum atomic E-state index is -0.498. The lowest BCUT2D eigenvalue weighted by Gasteiger charge is -2.09. The van der Waals surface area contributed by atoms with Crippen molar-refractivity contribution in [2.45, 2.75) is 0 Å². The topological polar surface area (TPSA) is 93.7 Å². The van der Waals surface area contributed by atoms with E-state index in [-0.39, 0.29) is 13.2 Å². The van der Waals surface area contributed by atoms with Crippen LogP contribution in [0.15, 0.2) is 54.6 Å². The van der Waals surface area contributed by atoms with Crippen LogP contribution in [0.1, 0.15) is 10.4 Å². The SMILES string of the molecule is COC(=O)c1cccc(NC(=O)CNC(=O)COc2ccccc2)c1. The van der Waals surface area contributed by atoms with Gasteiger partial charge in [-0.15, -0.1) is 0 Å². The Morgan fingerprint density at radius 1 is 0.960 bits per heavy atom. The highest BCUT2D eigenvalue weighted by molar-refractivity contribution is 5.96. The molecule has 0 aromatic heterocycles. The number of esters is 1. The second kappa shape index (κ2) is 9.07. The Kier molecular flexibility index (Phi) is 6.53. The van der Waals surface area contributed by atoms with Gasteiger partial charge in [-0.25, -0.2) is 4.79 Å². The first-order valence-electron chi connectivity index (χ1n) is 7.51. The molecule has 0 fully saturated rings. The minimum absolute atomic E-state index is 0.185. The van der Waals surface area contributed by atoms with E-state index >= 15 is 0 Å². The van der Waals surface area contributed by atoms with Crippen molar-refractivity contribution in [3.05, 3.63) is 60.2 Å². The van der Waals surface area contributed by atoms with Crippen molar-refractivity contribution in [1.29, 1.82) is 0 Å². The van der Waals surface area contributed by atoms with Crippen LogP contribution in [-0.2, 0) is 14.3 Å². The summed E-state index contributed by atoms with van der Waals surface area (Å²) >= 11 is 0. The summed E-state index contributed by atoms with van der Waals surface area (Å²) in [4.78, 5) is 35.0. The van der Waals surface area contributed by atoms with Crippen LogP contribution in [0, 0.1) is 0 Å². The third-order valence-corrected chi connectivity index (χ3v) is 3.13. The van der Waals surface area contributed by atoms with Crippen LogP contribution in [0.4, 0.5) is 5.69 Å². The number of methoxy groups -OCH3 is 1. The second-order valence-corrected chi connectivity index (χ2v) is 5.00. The van der Waals surface area contributed by atoms with Gasteiger partial charge in [-0.2, -0.15) is 0 Å². The maximum Gasteiger partial charge on any atom is 0.337 e. The first-order chi connectivity index (χ1) is 12.1. The van der Waals surface area contributed by atoms with Crippen molar-refractivity contribution in [2.24, 2.45) is 0 Å². The number of hydrogen-bond acceptors (Lipinski definition) is 5. The average molecular weight is 342 g/mol. The molecule has 2 N–H and O–H groups in total. The van der Waals surface area contributed by atoms with E-state index in [0.29, 0.717) is 17.0 Å². The molecule has 2 amide bonds. The third-order valence-electron chi connectivity index (χ3n) is 3.13. The molecule has 0 spiro atoms. The van der Waals surface area contributed by atoms with Gasteiger partial charge in [-0.1, -0.05) is 24.3 Å². The summed E-state index contributed by atoms with van der Waals surface area (Å²) in [5.74, 6) is -0.762. The van der Waals surface area contributed by atoms with E-state index in [0.717, 1.165) is 0 Å². The molecule has 0 unspecified atom stereocenters. The first-order valence-corrected chi connectivity index (χ1v) is 7.51. The number of nitrogens with one attached hydrogen (secondary N) is 2. The number of ether oxygens (including phenoxy) is 2. The summed E-state index contributed by atoms with van der Waals surface area (Å²) in [6.07, 6.45) is 0. The molecule has 0 heterocycles. The molecule has 0 aliphatic carbocycles. The summed E-state index contributed by atoms with van der Waals surface area (Å²) in [6, 6.07) is 15.2. The Balaban J connectivity index is 1.76. The van der Waals surface area contributed by atoms with E-state index in [1.807, 2.05) is 6.07 Å². The number of benzene rings is 2. The molecule has 0 atom stereocenters. The smallest absolute Gasteiger partial charge is 0.337 e. The van der Waals surface area contributed by atoms with Crippen molar-refractivity contribution < 1.29 is 23.9 Å². The van der Waals surface area contributed by atoms with Gasteiger partial charge in [0, 0.05) is 5.69 Å². The largest absolute Gasteiger partial charge is 0.484 e. The molecule has 0 aliphatic rings. The summed E-state index contributed by atoms with van der Waals surface area (Å²) in [6.45, 7) is -0.394. The number of amides is 2. The van der Waals surface area contributed by atoms with Gasteiger partial charge in [-0.05, 0) is 30.3 Å². The van der Waals surface area contributed by atoms with E-state index in [9.17, 15) is 14.4 Å². The Morgan fingerprint density at radius 3 is 2.44 bits per heavy atom. The molecule has 25 heavy (non-hydrogen) atoms. The third kappa shape index (κ3) is 5.98. The molecule has 0 saturated carbocycles. The Labute approximate surface area is 144 Å². The van der Waals surface area contributed by atoms with Crippen LogP contribution in [0.2, 0.25) is 0 Å². The molecule has 0 radical (unpaired) electrons. The van der Waals surface area contributed by atoms with Crippen molar-refractivity contribution in [3.8, 4) is 5.75 Å². The average Bonchev–Trinajstić information content (AvgIpc) is 2.65. The van der Waals surface area contributed by atoms with E-state index < -0.39 is 17.8 Å². The molecule has 2 aromatic rings. The van der Waals surface area contributed by atoms with E-state index in [4.69, 9.17) is 4.74 Å². The van der Waals surface area contributed by atoms with Crippen LogP contribution in [0.25, 0.3) is 0 Å². The number of anilines is 1. The number of para-hydroxylation sites is 1. The van der Waals surface area contributed by atoms with Crippen LogP contribution in [-0.4, -0.2) is 38.0 Å². The lowest BCUT2D eigenvalue weighted by molar-refractivity contribution is -0.125. The molecule has 130 valence electrons. The lowest BCUT2D eigenvalue weighted by atomic mass is 10.2. The van der Waals surface area contributed by atoms with Gasteiger partial charge >= 0.3 is 5.97 Å². The van der Waals surface area contributed by atoms with Crippen molar-refractivity contribution >= 4 is 23.5 Å². The molecule has 2 rings (SSSR count). The minimum Gasteiger partial charge on any atom is -0.484 e. The van der Waals surface area contributed by atoms with Crippen molar-refractivity contribution in [3.63, 3.8) is 0 Å². The molecular formula is C18H18N2O5. The van der Waals surface area contributed by atoms with Gasteiger partial charge in [0.2, 0.25) is 5.91 Å². The molecular weight excluding hydrogens is 324 g/mol.